The zero-order chi connectivity index (χ0) is 20.2. The first-order valence-electron chi connectivity index (χ1n) is 8.10. The molecule has 0 fully saturated rings. The summed E-state index contributed by atoms with van der Waals surface area (Å²) in [6.07, 6.45) is 0. The van der Waals surface area contributed by atoms with Crippen molar-refractivity contribution in [3.8, 4) is 0 Å². The average molecular weight is 390 g/mol. The van der Waals surface area contributed by atoms with Crippen LogP contribution in [0.5, 0.6) is 0 Å². The van der Waals surface area contributed by atoms with Crippen molar-refractivity contribution in [3.05, 3.63) is 41.4 Å². The number of hydrazone groups is 1. The van der Waals surface area contributed by atoms with E-state index in [2.05, 4.69) is 27.2 Å². The number of amidine groups is 1. The van der Waals surface area contributed by atoms with Crippen molar-refractivity contribution in [1.82, 2.24) is 5.43 Å². The van der Waals surface area contributed by atoms with Crippen molar-refractivity contribution in [3.63, 3.8) is 0 Å². The van der Waals surface area contributed by atoms with Gasteiger partial charge in [-0.3, -0.25) is 5.41 Å². The summed E-state index contributed by atoms with van der Waals surface area (Å²) in [4.78, 5) is 8.21. The van der Waals surface area contributed by atoms with E-state index in [0.717, 1.165) is 0 Å². The molecular weight excluding hydrogens is 368 g/mol. The fourth-order valence-corrected chi connectivity index (χ4v) is 3.20. The topological polar surface area (TPSA) is 142 Å². The van der Waals surface area contributed by atoms with Crippen LogP contribution in [0, 0.1) is 5.41 Å². The Morgan fingerprint density at radius 3 is 2.48 bits per heavy atom. The van der Waals surface area contributed by atoms with Gasteiger partial charge in [-0.1, -0.05) is 12.1 Å². The smallest absolute Gasteiger partial charge is 0.245 e. The van der Waals surface area contributed by atoms with Crippen LogP contribution < -0.4 is 11.2 Å². The molecule has 1 aliphatic rings. The van der Waals surface area contributed by atoms with Gasteiger partial charge in [-0.05, 0) is 45.2 Å². The first-order valence-corrected chi connectivity index (χ1v) is 9.65. The Bertz CT molecular complexity index is 943. The molecule has 0 amide bonds. The maximum absolute atomic E-state index is 12.2. The molecule has 0 saturated heterocycles. The molecule has 0 atom stereocenters. The van der Waals surface area contributed by atoms with Gasteiger partial charge < -0.3 is 10.5 Å². The Hall–Kier alpha value is -2.85. The van der Waals surface area contributed by atoms with Gasteiger partial charge in [-0.2, -0.15) is 0 Å². The summed E-state index contributed by atoms with van der Waals surface area (Å²) < 4.78 is 29.8. The number of sulfone groups is 1. The lowest BCUT2D eigenvalue weighted by atomic mass is 10.1. The summed E-state index contributed by atoms with van der Waals surface area (Å²) in [5.74, 6) is 0.186. The lowest BCUT2D eigenvalue weighted by molar-refractivity contribution is 0.405. The predicted molar refractivity (Wildman–Crippen MR) is 106 cm³/mol. The zero-order valence-corrected chi connectivity index (χ0v) is 16.2. The van der Waals surface area contributed by atoms with Crippen LogP contribution in [0.15, 0.2) is 55.8 Å². The molecule has 2 rings (SSSR count). The fourth-order valence-electron chi connectivity index (χ4n) is 2.14. The molecule has 0 bridgehead atoms. The van der Waals surface area contributed by atoms with Gasteiger partial charge in [0.15, 0.2) is 21.4 Å². The largest absolute Gasteiger partial charge is 0.420 e. The highest BCUT2D eigenvalue weighted by molar-refractivity contribution is 7.92. The number of ether oxygens (including phenoxy) is 1. The number of nitrogens with two attached hydrogens (primary N) is 1. The third-order valence-electron chi connectivity index (χ3n) is 3.77. The lowest BCUT2D eigenvalue weighted by Gasteiger charge is -2.09. The highest BCUT2D eigenvalue weighted by Crippen LogP contribution is 2.18. The average Bonchev–Trinajstić information content (AvgIpc) is 3.14. The molecular formula is C17H22N6O3S. The Morgan fingerprint density at radius 2 is 2.00 bits per heavy atom. The summed E-state index contributed by atoms with van der Waals surface area (Å²) >= 11 is 0. The standard InChI is InChI=1S/C17H22N6O3S/c1-10(2)27(24,25)13-7-5-12(6-8-13)11(3)21-15(16(19)20-4)17-23-22-14(9-18)26-17/h5-8,10,19,23H,4,9,18H2,1-3H3. The first kappa shape index (κ1) is 20.5. The van der Waals surface area contributed by atoms with Crippen LogP contribution >= 0.6 is 0 Å². The Balaban J connectivity index is 2.38. The lowest BCUT2D eigenvalue weighted by Crippen LogP contribution is -2.15. The molecule has 0 spiro atoms. The third-order valence-corrected chi connectivity index (χ3v) is 5.95. The number of hydrogen-bond acceptors (Lipinski definition) is 8. The number of nitrogens with one attached hydrogen (secondary N) is 2. The zero-order valence-electron chi connectivity index (χ0n) is 15.4. The van der Waals surface area contributed by atoms with Gasteiger partial charge in [0.05, 0.1) is 16.7 Å². The van der Waals surface area contributed by atoms with Crippen molar-refractivity contribution in [2.24, 2.45) is 20.8 Å². The summed E-state index contributed by atoms with van der Waals surface area (Å²) in [6.45, 7) is 8.42. The molecule has 1 aromatic carbocycles. The molecule has 0 aliphatic carbocycles. The van der Waals surface area contributed by atoms with Crippen LogP contribution in [-0.2, 0) is 14.6 Å². The summed E-state index contributed by atoms with van der Waals surface area (Å²) in [5, 5.41) is 11.3. The van der Waals surface area contributed by atoms with Crippen LogP contribution in [0.1, 0.15) is 26.3 Å². The van der Waals surface area contributed by atoms with Gasteiger partial charge in [-0.25, -0.2) is 23.8 Å². The molecule has 0 radical (unpaired) electrons. The highest BCUT2D eigenvalue weighted by Gasteiger charge is 2.21. The second kappa shape index (κ2) is 8.23. The van der Waals surface area contributed by atoms with Gasteiger partial charge in [0.25, 0.3) is 0 Å². The molecule has 1 aromatic rings. The van der Waals surface area contributed by atoms with Gasteiger partial charge in [-0.15, -0.1) is 5.10 Å². The molecule has 144 valence electrons. The van der Waals surface area contributed by atoms with E-state index in [1.165, 1.54) is 12.1 Å². The minimum absolute atomic E-state index is 0.0904. The number of nitrogens with zero attached hydrogens (tertiary/aromatic N) is 3. The van der Waals surface area contributed by atoms with Gasteiger partial charge in [0.2, 0.25) is 11.8 Å². The molecule has 0 aromatic heterocycles. The van der Waals surface area contributed by atoms with Crippen molar-refractivity contribution >= 4 is 34.0 Å². The molecule has 1 aliphatic heterocycles. The first-order chi connectivity index (χ1) is 12.7. The Morgan fingerprint density at radius 1 is 1.37 bits per heavy atom. The van der Waals surface area contributed by atoms with E-state index in [9.17, 15) is 8.42 Å². The van der Waals surface area contributed by atoms with E-state index < -0.39 is 15.1 Å². The van der Waals surface area contributed by atoms with Crippen molar-refractivity contribution in [2.75, 3.05) is 6.54 Å². The summed E-state index contributed by atoms with van der Waals surface area (Å²) in [5.41, 5.74) is 9.42. The van der Waals surface area contributed by atoms with Gasteiger partial charge in [0.1, 0.15) is 0 Å². The highest BCUT2D eigenvalue weighted by atomic mass is 32.2. The van der Waals surface area contributed by atoms with Crippen LogP contribution in [0.3, 0.4) is 0 Å². The molecule has 1 heterocycles. The Kier molecular flexibility index (Phi) is 6.24. The second-order valence-corrected chi connectivity index (χ2v) is 8.43. The van der Waals surface area contributed by atoms with Crippen LogP contribution in [-0.4, -0.2) is 44.4 Å². The van der Waals surface area contributed by atoms with Crippen LogP contribution in [0.25, 0.3) is 0 Å². The predicted octanol–water partition coefficient (Wildman–Crippen LogP) is 1.42. The second-order valence-electron chi connectivity index (χ2n) is 5.92. The van der Waals surface area contributed by atoms with E-state index in [1.54, 1.807) is 32.9 Å². The number of hydrogen-bond donors (Lipinski definition) is 3. The van der Waals surface area contributed by atoms with E-state index in [4.69, 9.17) is 15.9 Å². The van der Waals surface area contributed by atoms with E-state index >= 15 is 0 Å². The number of aliphatic imine (C=N–C) groups is 2. The SMILES string of the molecule is C=NC(=N)C(N=C(C)c1ccc(S(=O)(=O)C(C)C)cc1)=C1NN=C(CN)O1. The van der Waals surface area contributed by atoms with E-state index in [-0.39, 0.29) is 34.8 Å². The molecule has 0 saturated carbocycles. The van der Waals surface area contributed by atoms with Crippen molar-refractivity contribution < 1.29 is 13.2 Å². The van der Waals surface area contributed by atoms with Crippen LogP contribution in [0.2, 0.25) is 0 Å². The summed E-state index contributed by atoms with van der Waals surface area (Å²) in [7, 11) is -3.35. The Labute approximate surface area is 158 Å². The third kappa shape index (κ3) is 4.47. The van der Waals surface area contributed by atoms with Gasteiger partial charge >= 0.3 is 0 Å². The van der Waals surface area contributed by atoms with E-state index in [0.29, 0.717) is 11.3 Å². The number of rotatable bonds is 6. The minimum Gasteiger partial charge on any atom is -0.420 e. The van der Waals surface area contributed by atoms with Gasteiger partial charge in [0, 0.05) is 5.71 Å². The fraction of sp³-hybridized carbons (Fsp3) is 0.294. The molecule has 10 heteroatoms. The van der Waals surface area contributed by atoms with Crippen LogP contribution in [0.4, 0.5) is 0 Å². The maximum atomic E-state index is 12.2. The maximum Gasteiger partial charge on any atom is 0.245 e. The molecule has 0 unspecified atom stereocenters. The van der Waals surface area contributed by atoms with Crippen molar-refractivity contribution in [1.29, 1.82) is 5.41 Å². The molecule has 4 N–H and O–H groups in total. The molecule has 9 nitrogen and oxygen atoms in total. The van der Waals surface area contributed by atoms with E-state index in [1.807, 2.05) is 0 Å². The monoisotopic (exact) mass is 390 g/mol. The van der Waals surface area contributed by atoms with Crippen molar-refractivity contribution in [2.45, 2.75) is 30.9 Å². The minimum atomic E-state index is -3.35. The quantitative estimate of drug-likeness (QED) is 0.497. The summed E-state index contributed by atoms with van der Waals surface area (Å²) in [6, 6.07) is 6.39. The number of benzene rings is 1. The normalized spacial score (nSPS) is 16.5. The molecule has 27 heavy (non-hydrogen) atoms.